The zero-order chi connectivity index (χ0) is 19.3. The van der Waals surface area contributed by atoms with Crippen LogP contribution in [0.15, 0.2) is 18.2 Å². The fraction of sp³-hybridized carbons (Fsp3) is 0.500. The predicted molar refractivity (Wildman–Crippen MR) is 96.1 cm³/mol. The monoisotopic (exact) mass is 382 g/mol. The number of benzene rings is 1. The highest BCUT2D eigenvalue weighted by atomic mass is 35.5. The highest BCUT2D eigenvalue weighted by molar-refractivity contribution is 6.32. The zero-order valence-corrected chi connectivity index (χ0v) is 15.5. The molecule has 1 saturated carbocycles. The number of methoxy groups -OCH3 is 1. The molecular weight excluding hydrogens is 360 g/mol. The van der Waals surface area contributed by atoms with Crippen molar-refractivity contribution in [2.75, 3.05) is 7.11 Å². The number of nitrogens with one attached hydrogen (secondary N) is 2. The zero-order valence-electron chi connectivity index (χ0n) is 14.8. The van der Waals surface area contributed by atoms with E-state index in [4.69, 9.17) is 16.3 Å². The fourth-order valence-electron chi connectivity index (χ4n) is 3.00. The van der Waals surface area contributed by atoms with Crippen LogP contribution in [-0.4, -0.2) is 36.0 Å². The predicted octanol–water partition coefficient (Wildman–Crippen LogP) is 2.29. The van der Waals surface area contributed by atoms with Crippen molar-refractivity contribution in [1.82, 2.24) is 10.6 Å². The number of carboxylic acid groups (broad SMARTS) is 1. The van der Waals surface area contributed by atoms with Crippen molar-refractivity contribution in [2.24, 2.45) is 5.92 Å². The van der Waals surface area contributed by atoms with Crippen LogP contribution in [0.2, 0.25) is 5.02 Å². The van der Waals surface area contributed by atoms with Gasteiger partial charge in [0, 0.05) is 5.92 Å². The van der Waals surface area contributed by atoms with Crippen molar-refractivity contribution in [3.05, 3.63) is 28.8 Å². The Morgan fingerprint density at radius 1 is 1.23 bits per heavy atom. The first kappa shape index (κ1) is 20.0. The summed E-state index contributed by atoms with van der Waals surface area (Å²) in [6, 6.07) is 2.37. The Bertz CT molecular complexity index is 688. The summed E-state index contributed by atoms with van der Waals surface area (Å²) in [6.07, 6.45) is 3.67. The number of rotatable bonds is 7. The highest BCUT2D eigenvalue weighted by Gasteiger charge is 2.28. The molecule has 0 spiro atoms. The van der Waals surface area contributed by atoms with Crippen molar-refractivity contribution in [3.63, 3.8) is 0 Å². The lowest BCUT2D eigenvalue weighted by atomic mass is 10.1. The van der Waals surface area contributed by atoms with Gasteiger partial charge < -0.3 is 20.5 Å². The van der Waals surface area contributed by atoms with E-state index in [0.717, 1.165) is 25.7 Å². The topological polar surface area (TPSA) is 105 Å². The number of carboxylic acids is 1. The van der Waals surface area contributed by atoms with Gasteiger partial charge in [0.15, 0.2) is 6.04 Å². The number of ether oxygens (including phenoxy) is 1. The summed E-state index contributed by atoms with van der Waals surface area (Å²) in [5.74, 6) is -1.63. The van der Waals surface area contributed by atoms with Gasteiger partial charge in [-0.3, -0.25) is 9.59 Å². The van der Waals surface area contributed by atoms with Gasteiger partial charge in [-0.25, -0.2) is 4.79 Å². The van der Waals surface area contributed by atoms with Gasteiger partial charge in [-0.15, -0.1) is 0 Å². The molecule has 2 amide bonds. The number of amides is 2. The lowest BCUT2D eigenvalue weighted by Crippen LogP contribution is -2.48. The van der Waals surface area contributed by atoms with E-state index < -0.39 is 24.0 Å². The van der Waals surface area contributed by atoms with E-state index in [1.54, 1.807) is 0 Å². The summed E-state index contributed by atoms with van der Waals surface area (Å²) in [6.45, 7) is 1.53. The second-order valence-electron chi connectivity index (χ2n) is 6.39. The molecule has 2 unspecified atom stereocenters. The standard InChI is InChI=1S/C18H23ClN2O5/c1-10(20-17(23)11-5-3-4-6-11)16(22)21-15(18(24)25)12-7-8-14(26-2)13(19)9-12/h7-11,15H,3-6H2,1-2H3,(H,20,23)(H,21,22)(H,24,25). The molecule has 7 nitrogen and oxygen atoms in total. The summed E-state index contributed by atoms with van der Waals surface area (Å²) in [7, 11) is 1.45. The Labute approximate surface area is 157 Å². The van der Waals surface area contributed by atoms with Gasteiger partial charge in [-0.1, -0.05) is 30.5 Å². The summed E-state index contributed by atoms with van der Waals surface area (Å²) in [5, 5.41) is 14.8. The maximum atomic E-state index is 12.3. The van der Waals surface area contributed by atoms with Crippen molar-refractivity contribution < 1.29 is 24.2 Å². The van der Waals surface area contributed by atoms with E-state index in [1.807, 2.05) is 0 Å². The molecule has 0 saturated heterocycles. The van der Waals surface area contributed by atoms with Crippen LogP contribution >= 0.6 is 11.6 Å². The number of hydrogen-bond acceptors (Lipinski definition) is 4. The molecule has 0 heterocycles. The third-order valence-corrected chi connectivity index (χ3v) is 4.82. The van der Waals surface area contributed by atoms with Crippen LogP contribution in [0.4, 0.5) is 0 Å². The first-order valence-corrected chi connectivity index (χ1v) is 8.88. The van der Waals surface area contributed by atoms with Crippen LogP contribution < -0.4 is 15.4 Å². The second kappa shape index (κ2) is 8.89. The average Bonchev–Trinajstić information content (AvgIpc) is 3.13. The van der Waals surface area contributed by atoms with Crippen LogP contribution in [-0.2, 0) is 14.4 Å². The van der Waals surface area contributed by atoms with E-state index in [1.165, 1.54) is 32.2 Å². The smallest absolute Gasteiger partial charge is 0.330 e. The fourth-order valence-corrected chi connectivity index (χ4v) is 3.27. The van der Waals surface area contributed by atoms with Crippen molar-refractivity contribution in [3.8, 4) is 5.75 Å². The molecular formula is C18H23ClN2O5. The van der Waals surface area contributed by atoms with Crippen molar-refractivity contribution >= 4 is 29.4 Å². The Kier molecular flexibility index (Phi) is 6.85. The second-order valence-corrected chi connectivity index (χ2v) is 6.79. The van der Waals surface area contributed by atoms with Crippen LogP contribution in [0.25, 0.3) is 0 Å². The molecule has 1 aromatic carbocycles. The van der Waals surface area contributed by atoms with Crippen molar-refractivity contribution in [2.45, 2.75) is 44.7 Å². The Morgan fingerprint density at radius 2 is 1.88 bits per heavy atom. The largest absolute Gasteiger partial charge is 0.495 e. The first-order chi connectivity index (χ1) is 12.3. The van der Waals surface area contributed by atoms with Crippen LogP contribution in [0, 0.1) is 5.92 Å². The molecule has 142 valence electrons. The number of carbonyl (C=O) groups is 3. The average molecular weight is 383 g/mol. The molecule has 8 heteroatoms. The van der Waals surface area contributed by atoms with Gasteiger partial charge in [0.25, 0.3) is 0 Å². The minimum Gasteiger partial charge on any atom is -0.495 e. The maximum absolute atomic E-state index is 12.3. The summed E-state index contributed by atoms with van der Waals surface area (Å²) in [4.78, 5) is 36.0. The lowest BCUT2D eigenvalue weighted by molar-refractivity contribution is -0.142. The normalized spacial score (nSPS) is 16.6. The number of hydrogen-bond donors (Lipinski definition) is 3. The lowest BCUT2D eigenvalue weighted by Gasteiger charge is -2.20. The molecule has 2 rings (SSSR count). The van der Waals surface area contributed by atoms with Gasteiger partial charge in [-0.2, -0.15) is 0 Å². The molecule has 0 aliphatic heterocycles. The summed E-state index contributed by atoms with van der Waals surface area (Å²) in [5.41, 5.74) is 0.311. The molecule has 1 fully saturated rings. The van der Waals surface area contributed by atoms with Crippen molar-refractivity contribution in [1.29, 1.82) is 0 Å². The van der Waals surface area contributed by atoms with E-state index >= 15 is 0 Å². The molecule has 1 aliphatic rings. The Morgan fingerprint density at radius 3 is 2.42 bits per heavy atom. The van der Waals surface area contributed by atoms with Crippen LogP contribution in [0.3, 0.4) is 0 Å². The SMILES string of the molecule is COc1ccc(C(NC(=O)C(C)NC(=O)C2CCCC2)C(=O)O)cc1Cl. The van der Waals surface area contributed by atoms with Gasteiger partial charge in [-0.05, 0) is 37.5 Å². The number of aliphatic carboxylic acids is 1. The van der Waals surface area contributed by atoms with Crippen LogP contribution in [0.5, 0.6) is 5.75 Å². The molecule has 2 atom stereocenters. The third kappa shape index (κ3) is 4.88. The van der Waals surface area contributed by atoms with Gasteiger partial charge in [0.05, 0.1) is 12.1 Å². The molecule has 3 N–H and O–H groups in total. The minimum atomic E-state index is -1.28. The molecule has 1 aromatic rings. The van der Waals surface area contributed by atoms with E-state index in [0.29, 0.717) is 11.3 Å². The molecule has 1 aliphatic carbocycles. The quantitative estimate of drug-likeness (QED) is 0.671. The number of halogens is 1. The summed E-state index contributed by atoms with van der Waals surface area (Å²) < 4.78 is 5.04. The first-order valence-electron chi connectivity index (χ1n) is 8.50. The van der Waals surface area contributed by atoms with E-state index in [2.05, 4.69) is 10.6 Å². The minimum absolute atomic E-state index is 0.0686. The highest BCUT2D eigenvalue weighted by Crippen LogP contribution is 2.28. The Balaban J connectivity index is 2.04. The Hall–Kier alpha value is -2.28. The molecule has 26 heavy (non-hydrogen) atoms. The maximum Gasteiger partial charge on any atom is 0.330 e. The molecule has 0 aromatic heterocycles. The third-order valence-electron chi connectivity index (χ3n) is 4.52. The van der Waals surface area contributed by atoms with E-state index in [-0.39, 0.29) is 16.8 Å². The van der Waals surface area contributed by atoms with E-state index in [9.17, 15) is 19.5 Å². The van der Waals surface area contributed by atoms with Crippen LogP contribution in [0.1, 0.15) is 44.2 Å². The number of carbonyl (C=O) groups excluding carboxylic acids is 2. The van der Waals surface area contributed by atoms with Gasteiger partial charge >= 0.3 is 5.97 Å². The molecule has 0 bridgehead atoms. The van der Waals surface area contributed by atoms with Gasteiger partial charge in [0.1, 0.15) is 11.8 Å². The molecule has 0 radical (unpaired) electrons. The van der Waals surface area contributed by atoms with Gasteiger partial charge in [0.2, 0.25) is 11.8 Å². The summed E-state index contributed by atoms with van der Waals surface area (Å²) >= 11 is 6.03.